The molecule has 2 aromatic rings. The first-order valence-corrected chi connectivity index (χ1v) is 7.52. The van der Waals surface area contributed by atoms with E-state index in [-0.39, 0.29) is 5.69 Å². The molecule has 1 aromatic carbocycles. The van der Waals surface area contributed by atoms with Crippen LogP contribution >= 0.6 is 0 Å². The molecule has 0 spiro atoms. The van der Waals surface area contributed by atoms with Crippen molar-refractivity contribution in [3.63, 3.8) is 0 Å². The number of benzene rings is 1. The molecule has 1 fully saturated rings. The van der Waals surface area contributed by atoms with E-state index < -0.39 is 0 Å². The van der Waals surface area contributed by atoms with Crippen LogP contribution in [-0.2, 0) is 0 Å². The van der Waals surface area contributed by atoms with E-state index in [0.717, 1.165) is 42.5 Å². The van der Waals surface area contributed by atoms with Crippen LogP contribution in [0, 0.1) is 6.92 Å². The number of piperidine rings is 1. The number of fused-ring (bicyclic) bond motifs is 1. The Kier molecular flexibility index (Phi) is 3.42. The molecule has 1 saturated heterocycles. The molecule has 4 heteroatoms. The van der Waals surface area contributed by atoms with Crippen LogP contribution in [-0.4, -0.2) is 33.6 Å². The Morgan fingerprint density at radius 2 is 1.95 bits per heavy atom. The minimum atomic E-state index is 0.0392. The SMILES string of the molecule is Cc1cccc2c1[nH]c(=O)n2C1CCN(C(C)C)CC1. The molecule has 0 radical (unpaired) electrons. The lowest BCUT2D eigenvalue weighted by molar-refractivity contribution is 0.152. The minimum Gasteiger partial charge on any atom is -0.305 e. The van der Waals surface area contributed by atoms with E-state index >= 15 is 0 Å². The third kappa shape index (κ3) is 2.18. The summed E-state index contributed by atoms with van der Waals surface area (Å²) >= 11 is 0. The van der Waals surface area contributed by atoms with Gasteiger partial charge in [-0.05, 0) is 45.2 Å². The molecule has 0 bridgehead atoms. The Morgan fingerprint density at radius 1 is 1.25 bits per heavy atom. The summed E-state index contributed by atoms with van der Waals surface area (Å²) in [5, 5.41) is 0. The van der Waals surface area contributed by atoms with Crippen molar-refractivity contribution in [3.05, 3.63) is 34.2 Å². The maximum Gasteiger partial charge on any atom is 0.326 e. The zero-order valence-electron chi connectivity index (χ0n) is 12.5. The van der Waals surface area contributed by atoms with E-state index in [1.807, 2.05) is 23.6 Å². The standard InChI is InChI=1S/C16H23N3O/c1-11(2)18-9-7-13(8-10-18)19-14-6-4-5-12(3)15(14)17-16(19)20/h4-6,11,13H,7-10H2,1-3H3,(H,17,20). The molecule has 1 aliphatic heterocycles. The van der Waals surface area contributed by atoms with Gasteiger partial charge in [-0.3, -0.25) is 4.57 Å². The number of imidazole rings is 1. The molecule has 4 nitrogen and oxygen atoms in total. The van der Waals surface area contributed by atoms with Gasteiger partial charge in [-0.25, -0.2) is 4.79 Å². The van der Waals surface area contributed by atoms with Crippen LogP contribution in [0.25, 0.3) is 11.0 Å². The molecule has 1 aliphatic rings. The van der Waals surface area contributed by atoms with Crippen molar-refractivity contribution < 1.29 is 0 Å². The fourth-order valence-electron chi connectivity index (χ4n) is 3.32. The average Bonchev–Trinajstić information content (AvgIpc) is 2.77. The zero-order valence-corrected chi connectivity index (χ0v) is 12.5. The van der Waals surface area contributed by atoms with Crippen LogP contribution in [0.15, 0.2) is 23.0 Å². The summed E-state index contributed by atoms with van der Waals surface area (Å²) in [7, 11) is 0. The predicted octanol–water partition coefficient (Wildman–Crippen LogP) is 2.68. The Hall–Kier alpha value is -1.55. The van der Waals surface area contributed by atoms with Gasteiger partial charge in [0.25, 0.3) is 0 Å². The van der Waals surface area contributed by atoms with E-state index in [1.54, 1.807) is 0 Å². The predicted molar refractivity (Wildman–Crippen MR) is 82.3 cm³/mol. The van der Waals surface area contributed by atoms with Crippen molar-refractivity contribution >= 4 is 11.0 Å². The summed E-state index contributed by atoms with van der Waals surface area (Å²) in [6, 6.07) is 7.05. The molecule has 2 heterocycles. The smallest absolute Gasteiger partial charge is 0.305 e. The number of hydrogen-bond acceptors (Lipinski definition) is 2. The number of rotatable bonds is 2. The van der Waals surface area contributed by atoms with Crippen LogP contribution in [0.5, 0.6) is 0 Å². The van der Waals surface area contributed by atoms with Gasteiger partial charge in [0.1, 0.15) is 0 Å². The van der Waals surface area contributed by atoms with E-state index in [0.29, 0.717) is 12.1 Å². The van der Waals surface area contributed by atoms with Crippen LogP contribution in [0.3, 0.4) is 0 Å². The molecule has 0 atom stereocenters. The number of aryl methyl sites for hydroxylation is 1. The van der Waals surface area contributed by atoms with Crippen molar-refractivity contribution in [2.45, 2.75) is 45.7 Å². The number of H-pyrrole nitrogens is 1. The van der Waals surface area contributed by atoms with Gasteiger partial charge in [0.2, 0.25) is 0 Å². The zero-order chi connectivity index (χ0) is 14.3. The number of likely N-dealkylation sites (tertiary alicyclic amines) is 1. The highest BCUT2D eigenvalue weighted by Gasteiger charge is 2.24. The largest absolute Gasteiger partial charge is 0.326 e. The monoisotopic (exact) mass is 273 g/mol. The molecule has 1 aromatic heterocycles. The van der Waals surface area contributed by atoms with Gasteiger partial charge >= 0.3 is 5.69 Å². The molecular formula is C16H23N3O. The van der Waals surface area contributed by atoms with Crippen molar-refractivity contribution in [2.75, 3.05) is 13.1 Å². The van der Waals surface area contributed by atoms with Crippen LogP contribution in [0.1, 0.15) is 38.3 Å². The van der Waals surface area contributed by atoms with Gasteiger partial charge in [-0.1, -0.05) is 12.1 Å². The number of aromatic amines is 1. The quantitative estimate of drug-likeness (QED) is 0.914. The summed E-state index contributed by atoms with van der Waals surface area (Å²) < 4.78 is 1.97. The number of hydrogen-bond donors (Lipinski definition) is 1. The lowest BCUT2D eigenvalue weighted by atomic mass is 10.0. The highest BCUT2D eigenvalue weighted by atomic mass is 16.1. The van der Waals surface area contributed by atoms with Gasteiger partial charge in [-0.2, -0.15) is 0 Å². The van der Waals surface area contributed by atoms with E-state index in [2.05, 4.69) is 29.8 Å². The van der Waals surface area contributed by atoms with Crippen molar-refractivity contribution in [1.82, 2.24) is 14.5 Å². The second-order valence-electron chi connectivity index (χ2n) is 6.13. The molecule has 0 saturated carbocycles. The Bertz CT molecular complexity index is 660. The number of nitrogens with zero attached hydrogens (tertiary/aromatic N) is 2. The van der Waals surface area contributed by atoms with Crippen molar-refractivity contribution in [3.8, 4) is 0 Å². The molecule has 3 rings (SSSR count). The first-order valence-electron chi connectivity index (χ1n) is 7.52. The summed E-state index contributed by atoms with van der Waals surface area (Å²) in [4.78, 5) is 17.8. The van der Waals surface area contributed by atoms with Crippen molar-refractivity contribution in [1.29, 1.82) is 0 Å². The summed E-state index contributed by atoms with van der Waals surface area (Å²) in [6.45, 7) is 8.67. The number of para-hydroxylation sites is 1. The Labute approximate surface area is 119 Å². The summed E-state index contributed by atoms with van der Waals surface area (Å²) in [5.41, 5.74) is 3.22. The second kappa shape index (κ2) is 5.09. The third-order valence-electron chi connectivity index (χ3n) is 4.56. The summed E-state index contributed by atoms with van der Waals surface area (Å²) in [6.07, 6.45) is 2.11. The van der Waals surface area contributed by atoms with Gasteiger partial charge < -0.3 is 9.88 Å². The summed E-state index contributed by atoms with van der Waals surface area (Å²) in [5.74, 6) is 0. The third-order valence-corrected chi connectivity index (χ3v) is 4.56. The minimum absolute atomic E-state index is 0.0392. The van der Waals surface area contributed by atoms with Gasteiger partial charge in [0.05, 0.1) is 11.0 Å². The average molecular weight is 273 g/mol. The Balaban J connectivity index is 1.94. The van der Waals surface area contributed by atoms with E-state index in [9.17, 15) is 4.79 Å². The first kappa shape index (κ1) is 13.4. The van der Waals surface area contributed by atoms with Crippen LogP contribution < -0.4 is 5.69 Å². The lowest BCUT2D eigenvalue weighted by Gasteiger charge is -2.35. The molecule has 20 heavy (non-hydrogen) atoms. The fraction of sp³-hybridized carbons (Fsp3) is 0.562. The second-order valence-corrected chi connectivity index (χ2v) is 6.13. The molecule has 108 valence electrons. The molecule has 0 unspecified atom stereocenters. The van der Waals surface area contributed by atoms with E-state index in [1.165, 1.54) is 0 Å². The van der Waals surface area contributed by atoms with E-state index in [4.69, 9.17) is 0 Å². The normalized spacial score (nSPS) is 18.2. The fourth-order valence-corrected chi connectivity index (χ4v) is 3.32. The number of nitrogens with one attached hydrogen (secondary N) is 1. The maximum atomic E-state index is 12.3. The topological polar surface area (TPSA) is 41.0 Å². The van der Waals surface area contributed by atoms with Crippen LogP contribution in [0.4, 0.5) is 0 Å². The Morgan fingerprint density at radius 3 is 2.60 bits per heavy atom. The van der Waals surface area contributed by atoms with Gasteiger partial charge in [0, 0.05) is 25.2 Å². The van der Waals surface area contributed by atoms with Gasteiger partial charge in [-0.15, -0.1) is 0 Å². The van der Waals surface area contributed by atoms with Crippen molar-refractivity contribution in [2.24, 2.45) is 0 Å². The highest BCUT2D eigenvalue weighted by Crippen LogP contribution is 2.26. The molecule has 1 N–H and O–H groups in total. The van der Waals surface area contributed by atoms with Gasteiger partial charge in [0.15, 0.2) is 0 Å². The number of aromatic nitrogens is 2. The first-order chi connectivity index (χ1) is 9.58. The van der Waals surface area contributed by atoms with Crippen LogP contribution in [0.2, 0.25) is 0 Å². The maximum absolute atomic E-state index is 12.3. The molecule has 0 aliphatic carbocycles. The highest BCUT2D eigenvalue weighted by molar-refractivity contribution is 5.78. The lowest BCUT2D eigenvalue weighted by Crippen LogP contribution is -2.40. The molecular weight excluding hydrogens is 250 g/mol. The molecule has 0 amide bonds.